The Balaban J connectivity index is 1.69. The van der Waals surface area contributed by atoms with Crippen molar-refractivity contribution in [2.75, 3.05) is 26.2 Å². The normalized spacial score (nSPS) is 37.4. The first-order valence-corrected chi connectivity index (χ1v) is 7.55. The molecule has 1 aliphatic carbocycles. The monoisotopic (exact) mass is 236 g/mol. The van der Waals surface area contributed by atoms with Crippen molar-refractivity contribution in [3.05, 3.63) is 0 Å². The van der Waals surface area contributed by atoms with E-state index in [1.807, 2.05) is 0 Å². The zero-order valence-corrected chi connectivity index (χ0v) is 11.8. The predicted octanol–water partition coefficient (Wildman–Crippen LogP) is 2.59. The van der Waals surface area contributed by atoms with Gasteiger partial charge in [0, 0.05) is 31.7 Å². The summed E-state index contributed by atoms with van der Waals surface area (Å²) in [6.07, 6.45) is 5.80. The van der Waals surface area contributed by atoms with Crippen LogP contribution in [0.15, 0.2) is 0 Å². The number of fused-ring (bicyclic) bond motifs is 1. The van der Waals surface area contributed by atoms with E-state index in [2.05, 4.69) is 30.6 Å². The van der Waals surface area contributed by atoms with E-state index >= 15 is 0 Å². The fraction of sp³-hybridized carbons (Fsp3) is 1.00. The summed E-state index contributed by atoms with van der Waals surface area (Å²) in [4.78, 5) is 5.60. The first kappa shape index (κ1) is 12.0. The highest BCUT2D eigenvalue weighted by atomic mass is 15.3. The Morgan fingerprint density at radius 3 is 2.65 bits per heavy atom. The van der Waals surface area contributed by atoms with Crippen molar-refractivity contribution in [2.45, 2.75) is 58.5 Å². The Morgan fingerprint density at radius 1 is 1.24 bits per heavy atom. The molecule has 2 nitrogen and oxygen atoms in total. The zero-order chi connectivity index (χ0) is 12.0. The lowest BCUT2D eigenvalue weighted by molar-refractivity contribution is 0.0180. The molecule has 2 saturated heterocycles. The van der Waals surface area contributed by atoms with Crippen LogP contribution >= 0.6 is 0 Å². The second-order valence-corrected chi connectivity index (χ2v) is 7.34. The summed E-state index contributed by atoms with van der Waals surface area (Å²) < 4.78 is 0. The average molecular weight is 236 g/mol. The summed E-state index contributed by atoms with van der Waals surface area (Å²) >= 11 is 0. The molecule has 0 amide bonds. The number of rotatable bonds is 3. The Morgan fingerprint density at radius 2 is 2.00 bits per heavy atom. The molecule has 0 aromatic rings. The highest BCUT2D eigenvalue weighted by Gasteiger charge is 2.44. The van der Waals surface area contributed by atoms with Crippen molar-refractivity contribution in [2.24, 2.45) is 11.3 Å². The molecule has 2 aliphatic heterocycles. The van der Waals surface area contributed by atoms with Gasteiger partial charge in [-0.3, -0.25) is 9.80 Å². The van der Waals surface area contributed by atoms with E-state index in [0.717, 1.165) is 18.0 Å². The molecule has 2 atom stereocenters. The predicted molar refractivity (Wildman–Crippen MR) is 72.1 cm³/mol. The van der Waals surface area contributed by atoms with Gasteiger partial charge in [-0.15, -0.1) is 0 Å². The van der Waals surface area contributed by atoms with Gasteiger partial charge in [-0.2, -0.15) is 0 Å². The summed E-state index contributed by atoms with van der Waals surface area (Å²) in [5.74, 6) is 0.805. The highest BCUT2D eigenvalue weighted by Crippen LogP contribution is 2.46. The molecule has 0 N–H and O–H groups in total. The van der Waals surface area contributed by atoms with Crippen LogP contribution in [0.5, 0.6) is 0 Å². The molecule has 2 unspecified atom stereocenters. The van der Waals surface area contributed by atoms with Crippen LogP contribution in [0, 0.1) is 11.3 Å². The zero-order valence-electron chi connectivity index (χ0n) is 11.8. The summed E-state index contributed by atoms with van der Waals surface area (Å²) in [7, 11) is 0. The minimum Gasteiger partial charge on any atom is -0.298 e. The second kappa shape index (κ2) is 4.24. The number of hydrogen-bond donors (Lipinski definition) is 0. The Labute approximate surface area is 106 Å². The van der Waals surface area contributed by atoms with Gasteiger partial charge in [-0.1, -0.05) is 20.8 Å². The second-order valence-electron chi connectivity index (χ2n) is 7.34. The minimum absolute atomic E-state index is 0.675. The van der Waals surface area contributed by atoms with Crippen LogP contribution in [0.1, 0.15) is 46.5 Å². The molecule has 3 rings (SSSR count). The number of piperazine rings is 1. The lowest BCUT2D eigenvalue weighted by atomic mass is 9.95. The molecule has 3 fully saturated rings. The number of hydrogen-bond acceptors (Lipinski definition) is 2. The summed E-state index contributed by atoms with van der Waals surface area (Å²) in [5, 5.41) is 0. The first-order chi connectivity index (χ1) is 8.07. The molecule has 0 spiro atoms. The summed E-state index contributed by atoms with van der Waals surface area (Å²) in [5.41, 5.74) is 0.675. The first-order valence-electron chi connectivity index (χ1n) is 7.55. The maximum Gasteiger partial charge on any atom is 0.0247 e. The van der Waals surface area contributed by atoms with E-state index in [1.165, 1.54) is 51.9 Å². The Bertz CT molecular complexity index is 283. The third kappa shape index (κ3) is 2.39. The lowest BCUT2D eigenvalue weighted by Crippen LogP contribution is -2.58. The third-order valence-corrected chi connectivity index (χ3v) is 5.29. The molecule has 0 aromatic heterocycles. The van der Waals surface area contributed by atoms with Crippen LogP contribution in [0.4, 0.5) is 0 Å². The highest BCUT2D eigenvalue weighted by molar-refractivity contribution is 4.98. The van der Waals surface area contributed by atoms with Gasteiger partial charge in [0.05, 0.1) is 0 Å². The maximum atomic E-state index is 2.84. The quantitative estimate of drug-likeness (QED) is 0.743. The molecule has 2 heteroatoms. The topological polar surface area (TPSA) is 6.48 Å². The molecule has 1 saturated carbocycles. The molecular formula is C15H28N2. The van der Waals surface area contributed by atoms with Crippen molar-refractivity contribution in [3.8, 4) is 0 Å². The average Bonchev–Trinajstić information content (AvgIpc) is 2.83. The van der Waals surface area contributed by atoms with Crippen molar-refractivity contribution in [1.29, 1.82) is 0 Å². The largest absolute Gasteiger partial charge is 0.298 e. The fourth-order valence-electron chi connectivity index (χ4n) is 3.78. The van der Waals surface area contributed by atoms with E-state index in [-0.39, 0.29) is 0 Å². The van der Waals surface area contributed by atoms with Crippen LogP contribution in [-0.2, 0) is 0 Å². The van der Waals surface area contributed by atoms with E-state index in [1.54, 1.807) is 0 Å². The van der Waals surface area contributed by atoms with E-state index in [4.69, 9.17) is 0 Å². The molecule has 17 heavy (non-hydrogen) atoms. The molecule has 0 radical (unpaired) electrons. The minimum atomic E-state index is 0.675. The van der Waals surface area contributed by atoms with Gasteiger partial charge in [-0.25, -0.2) is 0 Å². The maximum absolute atomic E-state index is 2.84. The molecule has 0 aromatic carbocycles. The van der Waals surface area contributed by atoms with Crippen molar-refractivity contribution in [3.63, 3.8) is 0 Å². The lowest BCUT2D eigenvalue weighted by Gasteiger charge is -2.46. The smallest absolute Gasteiger partial charge is 0.0247 e. The van der Waals surface area contributed by atoms with E-state index in [9.17, 15) is 0 Å². The molecule has 3 aliphatic rings. The summed E-state index contributed by atoms with van der Waals surface area (Å²) in [6, 6.07) is 1.69. The molecule has 0 bridgehead atoms. The van der Waals surface area contributed by atoms with Crippen LogP contribution in [0.3, 0.4) is 0 Å². The SMILES string of the molecule is CC(C)C1CN2CCCC2CN1CC1(C)CC1. The third-order valence-electron chi connectivity index (χ3n) is 5.29. The van der Waals surface area contributed by atoms with Crippen LogP contribution in [-0.4, -0.2) is 48.1 Å². The van der Waals surface area contributed by atoms with E-state index in [0.29, 0.717) is 5.41 Å². The van der Waals surface area contributed by atoms with Crippen LogP contribution in [0.2, 0.25) is 0 Å². The standard InChI is InChI=1S/C15H28N2/c1-12(2)14-10-16-8-4-5-13(16)9-17(14)11-15(3)6-7-15/h12-14H,4-11H2,1-3H3. The summed E-state index contributed by atoms with van der Waals surface area (Å²) in [6.45, 7) is 12.7. The van der Waals surface area contributed by atoms with Gasteiger partial charge < -0.3 is 0 Å². The van der Waals surface area contributed by atoms with E-state index < -0.39 is 0 Å². The number of nitrogens with zero attached hydrogens (tertiary/aromatic N) is 2. The van der Waals surface area contributed by atoms with Gasteiger partial charge in [0.15, 0.2) is 0 Å². The van der Waals surface area contributed by atoms with Gasteiger partial charge in [0.2, 0.25) is 0 Å². The van der Waals surface area contributed by atoms with Crippen molar-refractivity contribution < 1.29 is 0 Å². The van der Waals surface area contributed by atoms with Crippen LogP contribution in [0.25, 0.3) is 0 Å². The fourth-order valence-corrected chi connectivity index (χ4v) is 3.78. The van der Waals surface area contributed by atoms with Gasteiger partial charge in [0.1, 0.15) is 0 Å². The molecular weight excluding hydrogens is 208 g/mol. The van der Waals surface area contributed by atoms with Gasteiger partial charge in [-0.05, 0) is 43.6 Å². The Hall–Kier alpha value is -0.0800. The van der Waals surface area contributed by atoms with Crippen molar-refractivity contribution >= 4 is 0 Å². The van der Waals surface area contributed by atoms with Gasteiger partial charge in [0.25, 0.3) is 0 Å². The van der Waals surface area contributed by atoms with Crippen LogP contribution < -0.4 is 0 Å². The van der Waals surface area contributed by atoms with Gasteiger partial charge >= 0.3 is 0 Å². The molecule has 98 valence electrons. The Kier molecular flexibility index (Phi) is 2.99. The van der Waals surface area contributed by atoms with Crippen molar-refractivity contribution in [1.82, 2.24) is 9.80 Å². The molecule has 2 heterocycles.